The lowest BCUT2D eigenvalue weighted by molar-refractivity contribution is -0.388. The summed E-state index contributed by atoms with van der Waals surface area (Å²) in [6, 6.07) is 6.56. The Hall–Kier alpha value is -1.72. The summed E-state index contributed by atoms with van der Waals surface area (Å²) in [7, 11) is 0. The number of hydrogen-bond donors (Lipinski definition) is 0. The van der Waals surface area contributed by atoms with Crippen LogP contribution in [0.1, 0.15) is 34.6 Å². The zero-order valence-corrected chi connectivity index (χ0v) is 9.67. The Morgan fingerprint density at radius 1 is 1.12 bits per heavy atom. The molecule has 17 heavy (non-hydrogen) atoms. The van der Waals surface area contributed by atoms with Gasteiger partial charge in [0.15, 0.2) is 0 Å². The van der Waals surface area contributed by atoms with Crippen LogP contribution in [0.3, 0.4) is 0 Å². The van der Waals surface area contributed by atoms with Gasteiger partial charge in [0, 0.05) is 0 Å². The lowest BCUT2D eigenvalue weighted by Crippen LogP contribution is -2.30. The molecule has 2 rings (SSSR count). The molecule has 5 heteroatoms. The first-order valence-electron chi connectivity index (χ1n) is 5.38. The van der Waals surface area contributed by atoms with Crippen molar-refractivity contribution < 1.29 is 19.5 Å². The van der Waals surface area contributed by atoms with Crippen molar-refractivity contribution in [3.63, 3.8) is 0 Å². The number of nitrogens with zero attached hydrogens (tertiary/aromatic N) is 1. The number of rotatable bonds is 4. The lowest BCUT2D eigenvalue weighted by atomic mass is 10.1. The normalized spacial score (nSPS) is 14.6. The third-order valence-corrected chi connectivity index (χ3v) is 2.29. The molecule has 5 nitrogen and oxygen atoms in total. The summed E-state index contributed by atoms with van der Waals surface area (Å²) in [6.07, 6.45) is 0. The van der Waals surface area contributed by atoms with Gasteiger partial charge in [-0.3, -0.25) is 9.59 Å². The summed E-state index contributed by atoms with van der Waals surface area (Å²) in [5, 5.41) is 0.646. The zero-order chi connectivity index (χ0) is 12.4. The van der Waals surface area contributed by atoms with Crippen LogP contribution in [0.25, 0.3) is 0 Å². The van der Waals surface area contributed by atoms with E-state index in [1.54, 1.807) is 24.3 Å². The summed E-state index contributed by atoms with van der Waals surface area (Å²) in [6.45, 7) is 4.19. The van der Waals surface area contributed by atoms with Crippen molar-refractivity contribution in [1.82, 2.24) is 5.06 Å². The van der Waals surface area contributed by atoms with E-state index >= 15 is 0 Å². The number of carbonyl (C=O) groups excluding carboxylic acids is 2. The van der Waals surface area contributed by atoms with Crippen molar-refractivity contribution in [1.29, 1.82) is 0 Å². The molecule has 1 aromatic rings. The van der Waals surface area contributed by atoms with Crippen LogP contribution in [-0.2, 0) is 9.88 Å². The Labute approximate surface area is 98.8 Å². The minimum absolute atomic E-state index is 0.255. The van der Waals surface area contributed by atoms with Gasteiger partial charge in [-0.15, -0.1) is 10.1 Å². The minimum Gasteiger partial charge on any atom is -0.266 e. The summed E-state index contributed by atoms with van der Waals surface area (Å²) in [4.78, 5) is 33.2. The van der Waals surface area contributed by atoms with E-state index in [2.05, 4.69) is 0 Å². The molecule has 0 unspecified atom stereocenters. The molecular formula is C12H13NO4. The van der Waals surface area contributed by atoms with Gasteiger partial charge in [0.25, 0.3) is 11.8 Å². The highest BCUT2D eigenvalue weighted by Crippen LogP contribution is 2.22. The Morgan fingerprint density at radius 2 is 1.65 bits per heavy atom. The van der Waals surface area contributed by atoms with E-state index in [0.717, 1.165) is 0 Å². The Morgan fingerprint density at radius 3 is 2.12 bits per heavy atom. The zero-order valence-electron chi connectivity index (χ0n) is 9.67. The summed E-state index contributed by atoms with van der Waals surface area (Å²) in [5.41, 5.74) is 0.677. The third kappa shape index (κ3) is 2.20. The first-order chi connectivity index (χ1) is 8.11. The maximum absolute atomic E-state index is 11.8. The highest BCUT2D eigenvalue weighted by molar-refractivity contribution is 6.20. The summed E-state index contributed by atoms with van der Waals surface area (Å²) >= 11 is 0. The molecule has 0 fully saturated rings. The van der Waals surface area contributed by atoms with Gasteiger partial charge in [0.2, 0.25) is 0 Å². The highest BCUT2D eigenvalue weighted by atomic mass is 17.3. The van der Waals surface area contributed by atoms with E-state index in [0.29, 0.717) is 22.8 Å². The second kappa shape index (κ2) is 4.65. The van der Waals surface area contributed by atoms with Crippen LogP contribution in [-0.4, -0.2) is 23.5 Å². The fourth-order valence-electron chi connectivity index (χ4n) is 1.45. The van der Waals surface area contributed by atoms with Crippen LogP contribution in [0.15, 0.2) is 24.3 Å². The highest BCUT2D eigenvalue weighted by Gasteiger charge is 2.37. The van der Waals surface area contributed by atoms with E-state index in [4.69, 9.17) is 9.88 Å². The van der Waals surface area contributed by atoms with Gasteiger partial charge < -0.3 is 0 Å². The Kier molecular flexibility index (Phi) is 3.21. The van der Waals surface area contributed by atoms with E-state index in [1.165, 1.54) is 0 Å². The second-order valence-electron chi connectivity index (χ2n) is 4.20. The van der Waals surface area contributed by atoms with Gasteiger partial charge in [0.1, 0.15) is 0 Å². The average molecular weight is 235 g/mol. The molecule has 90 valence electrons. The molecule has 0 aliphatic carbocycles. The number of benzene rings is 1. The molecule has 0 spiro atoms. The van der Waals surface area contributed by atoms with E-state index in [-0.39, 0.29) is 5.92 Å². The summed E-state index contributed by atoms with van der Waals surface area (Å²) in [5.74, 6) is -0.728. The van der Waals surface area contributed by atoms with Crippen molar-refractivity contribution in [2.45, 2.75) is 13.8 Å². The maximum atomic E-state index is 11.8. The van der Waals surface area contributed by atoms with Crippen molar-refractivity contribution in [2.75, 3.05) is 6.61 Å². The molecule has 0 atom stereocenters. The van der Waals surface area contributed by atoms with Crippen molar-refractivity contribution >= 4 is 11.8 Å². The van der Waals surface area contributed by atoms with Crippen LogP contribution in [0.5, 0.6) is 0 Å². The number of carbonyl (C=O) groups is 2. The molecule has 0 N–H and O–H groups in total. The number of amides is 2. The Balaban J connectivity index is 2.08. The van der Waals surface area contributed by atoms with Crippen LogP contribution in [0.4, 0.5) is 0 Å². The van der Waals surface area contributed by atoms with E-state index in [1.807, 2.05) is 13.8 Å². The van der Waals surface area contributed by atoms with Crippen LogP contribution < -0.4 is 0 Å². The van der Waals surface area contributed by atoms with Gasteiger partial charge in [-0.1, -0.05) is 26.0 Å². The molecule has 0 bridgehead atoms. The number of fused-ring (bicyclic) bond motifs is 1. The van der Waals surface area contributed by atoms with Crippen molar-refractivity contribution in [3.8, 4) is 0 Å². The quantitative estimate of drug-likeness (QED) is 0.453. The third-order valence-electron chi connectivity index (χ3n) is 2.29. The second-order valence-corrected chi connectivity index (χ2v) is 4.20. The lowest BCUT2D eigenvalue weighted by Gasteiger charge is -2.12. The van der Waals surface area contributed by atoms with Gasteiger partial charge in [-0.2, -0.15) is 0 Å². The minimum atomic E-state index is -0.491. The largest absolute Gasteiger partial charge is 0.288 e. The van der Waals surface area contributed by atoms with Gasteiger partial charge in [-0.25, -0.2) is 4.89 Å². The van der Waals surface area contributed by atoms with Crippen LogP contribution in [0.2, 0.25) is 0 Å². The van der Waals surface area contributed by atoms with Gasteiger partial charge in [0.05, 0.1) is 17.7 Å². The first-order valence-corrected chi connectivity index (χ1v) is 5.38. The number of hydroxylamine groups is 2. The van der Waals surface area contributed by atoms with Gasteiger partial charge >= 0.3 is 0 Å². The topological polar surface area (TPSA) is 55.8 Å². The molecule has 0 saturated heterocycles. The molecule has 0 saturated carbocycles. The SMILES string of the molecule is CC(C)COON1C(=O)c2ccccc2C1=O. The molecule has 1 aromatic carbocycles. The van der Waals surface area contributed by atoms with Gasteiger partial charge in [-0.05, 0) is 18.1 Å². The predicted octanol–water partition coefficient (Wildman–Crippen LogP) is 1.80. The predicted molar refractivity (Wildman–Crippen MR) is 58.8 cm³/mol. The average Bonchev–Trinajstić information content (AvgIpc) is 2.54. The van der Waals surface area contributed by atoms with Crippen molar-refractivity contribution in [3.05, 3.63) is 35.4 Å². The van der Waals surface area contributed by atoms with Crippen LogP contribution >= 0.6 is 0 Å². The maximum Gasteiger partial charge on any atom is 0.288 e. The monoisotopic (exact) mass is 235 g/mol. The number of hydrogen-bond acceptors (Lipinski definition) is 4. The smallest absolute Gasteiger partial charge is 0.266 e. The first kappa shape index (κ1) is 11.8. The molecular weight excluding hydrogens is 222 g/mol. The standard InChI is InChI=1S/C12H13NO4/c1-8(2)7-16-17-13-11(14)9-5-3-4-6-10(9)12(13)15/h3-6,8H,7H2,1-2H3. The Bertz CT molecular complexity index is 421. The molecule has 2 amide bonds. The summed E-state index contributed by atoms with van der Waals surface area (Å²) < 4.78 is 0. The molecule has 0 radical (unpaired) electrons. The van der Waals surface area contributed by atoms with E-state index in [9.17, 15) is 9.59 Å². The fraction of sp³-hybridized carbons (Fsp3) is 0.333. The van der Waals surface area contributed by atoms with Crippen LogP contribution in [0, 0.1) is 5.92 Å². The van der Waals surface area contributed by atoms with E-state index < -0.39 is 11.8 Å². The molecule has 1 aliphatic rings. The molecule has 0 aromatic heterocycles. The molecule has 1 heterocycles. The number of imide groups is 1. The fourth-order valence-corrected chi connectivity index (χ4v) is 1.45. The van der Waals surface area contributed by atoms with Crippen molar-refractivity contribution in [2.24, 2.45) is 5.92 Å². The molecule has 1 aliphatic heterocycles.